The van der Waals surface area contributed by atoms with Gasteiger partial charge in [0.05, 0.1) is 11.6 Å². The van der Waals surface area contributed by atoms with E-state index in [1.165, 1.54) is 5.56 Å². The van der Waals surface area contributed by atoms with Crippen LogP contribution in [0.1, 0.15) is 34.8 Å². The minimum absolute atomic E-state index is 0.00819. The van der Waals surface area contributed by atoms with E-state index in [0.29, 0.717) is 10.9 Å². The standard InChI is InChI=1S/C18H16N2O2S/c21-17-14-5-2-1-4-13(14)15(10-19-17)18(22)20-8-3-6-16(20)12-7-9-23-11-12/h1-2,4-5,7,9-11,16H,3,6,8H2,(H,19,21)/t16-/m0/s1. The molecular formula is C18H16N2O2S. The molecule has 3 heterocycles. The zero-order chi connectivity index (χ0) is 15.8. The number of aromatic amines is 1. The molecule has 0 radical (unpaired) electrons. The van der Waals surface area contributed by atoms with E-state index in [1.807, 2.05) is 28.5 Å². The molecule has 1 aliphatic heterocycles. The maximum atomic E-state index is 13.1. The van der Waals surface area contributed by atoms with E-state index in [-0.39, 0.29) is 17.5 Å². The van der Waals surface area contributed by atoms with Crippen molar-refractivity contribution < 1.29 is 4.79 Å². The van der Waals surface area contributed by atoms with Crippen LogP contribution in [0.15, 0.2) is 52.1 Å². The normalized spacial score (nSPS) is 17.7. The molecule has 0 saturated carbocycles. The molecule has 1 atom stereocenters. The van der Waals surface area contributed by atoms with Crippen molar-refractivity contribution in [3.05, 3.63) is 68.8 Å². The van der Waals surface area contributed by atoms with Gasteiger partial charge < -0.3 is 9.88 Å². The van der Waals surface area contributed by atoms with Gasteiger partial charge in [0, 0.05) is 23.5 Å². The van der Waals surface area contributed by atoms with Gasteiger partial charge in [0.25, 0.3) is 11.5 Å². The Hall–Kier alpha value is -2.40. The van der Waals surface area contributed by atoms with Crippen molar-refractivity contribution >= 4 is 28.0 Å². The monoisotopic (exact) mass is 324 g/mol. The van der Waals surface area contributed by atoms with E-state index in [4.69, 9.17) is 0 Å². The predicted octanol–water partition coefficient (Wildman–Crippen LogP) is 3.57. The lowest BCUT2D eigenvalue weighted by atomic mass is 10.0. The summed E-state index contributed by atoms with van der Waals surface area (Å²) in [5.74, 6) is -0.00819. The van der Waals surface area contributed by atoms with Crippen molar-refractivity contribution in [3.63, 3.8) is 0 Å². The lowest BCUT2D eigenvalue weighted by Crippen LogP contribution is -2.31. The number of carbonyl (C=O) groups excluding carboxylic acids is 1. The third-order valence-electron chi connectivity index (χ3n) is 4.48. The Kier molecular flexibility index (Phi) is 3.50. The second kappa shape index (κ2) is 5.66. The second-order valence-electron chi connectivity index (χ2n) is 5.79. The third kappa shape index (κ3) is 2.37. The topological polar surface area (TPSA) is 53.2 Å². The van der Waals surface area contributed by atoms with Gasteiger partial charge in [-0.3, -0.25) is 9.59 Å². The fraction of sp³-hybridized carbons (Fsp3) is 0.222. The van der Waals surface area contributed by atoms with E-state index in [2.05, 4.69) is 16.4 Å². The van der Waals surface area contributed by atoms with Gasteiger partial charge in [0.1, 0.15) is 0 Å². The van der Waals surface area contributed by atoms with E-state index in [9.17, 15) is 9.59 Å². The largest absolute Gasteiger partial charge is 0.332 e. The highest BCUT2D eigenvalue weighted by Gasteiger charge is 2.31. The molecule has 3 aromatic rings. The van der Waals surface area contributed by atoms with Crippen LogP contribution in [0.25, 0.3) is 10.8 Å². The van der Waals surface area contributed by atoms with E-state index < -0.39 is 0 Å². The Morgan fingerprint density at radius 3 is 2.83 bits per heavy atom. The van der Waals surface area contributed by atoms with Gasteiger partial charge in [-0.25, -0.2) is 0 Å². The van der Waals surface area contributed by atoms with Crippen LogP contribution in [0.4, 0.5) is 0 Å². The smallest absolute Gasteiger partial charge is 0.256 e. The molecule has 116 valence electrons. The van der Waals surface area contributed by atoms with Crippen LogP contribution in [-0.2, 0) is 0 Å². The molecule has 0 unspecified atom stereocenters. The first-order valence-corrected chi connectivity index (χ1v) is 8.63. The molecule has 5 heteroatoms. The predicted molar refractivity (Wildman–Crippen MR) is 91.9 cm³/mol. The van der Waals surface area contributed by atoms with Crippen LogP contribution in [-0.4, -0.2) is 22.3 Å². The zero-order valence-corrected chi connectivity index (χ0v) is 13.3. The van der Waals surface area contributed by atoms with Crippen molar-refractivity contribution in [2.45, 2.75) is 18.9 Å². The summed E-state index contributed by atoms with van der Waals surface area (Å²) in [6.45, 7) is 0.757. The number of fused-ring (bicyclic) bond motifs is 1. The Balaban J connectivity index is 1.78. The van der Waals surface area contributed by atoms with Gasteiger partial charge in [-0.1, -0.05) is 18.2 Å². The molecule has 23 heavy (non-hydrogen) atoms. The van der Waals surface area contributed by atoms with Crippen LogP contribution < -0.4 is 5.56 Å². The Labute approximate surface area is 137 Å². The number of benzene rings is 1. The number of nitrogens with zero attached hydrogens (tertiary/aromatic N) is 1. The first kappa shape index (κ1) is 14.2. The fourth-order valence-corrected chi connectivity index (χ4v) is 4.07. The molecule has 0 spiro atoms. The summed E-state index contributed by atoms with van der Waals surface area (Å²) >= 11 is 1.66. The number of nitrogens with one attached hydrogen (secondary N) is 1. The van der Waals surface area contributed by atoms with Gasteiger partial charge in [0.2, 0.25) is 0 Å². The summed E-state index contributed by atoms with van der Waals surface area (Å²) < 4.78 is 0. The average Bonchev–Trinajstić information content (AvgIpc) is 3.26. The van der Waals surface area contributed by atoms with Gasteiger partial charge >= 0.3 is 0 Å². The van der Waals surface area contributed by atoms with Crippen molar-refractivity contribution in [1.82, 2.24) is 9.88 Å². The zero-order valence-electron chi connectivity index (χ0n) is 12.5. The maximum Gasteiger partial charge on any atom is 0.256 e. The average molecular weight is 324 g/mol. The van der Waals surface area contributed by atoms with E-state index >= 15 is 0 Å². The summed E-state index contributed by atoms with van der Waals surface area (Å²) in [5.41, 5.74) is 1.62. The lowest BCUT2D eigenvalue weighted by Gasteiger charge is -2.24. The maximum absolute atomic E-state index is 13.1. The molecule has 1 saturated heterocycles. The molecule has 1 amide bonds. The third-order valence-corrected chi connectivity index (χ3v) is 5.18. The summed E-state index contributed by atoms with van der Waals surface area (Å²) in [5, 5.41) is 5.44. The number of thiophene rings is 1. The number of rotatable bonds is 2. The minimum Gasteiger partial charge on any atom is -0.332 e. The number of hydrogen-bond donors (Lipinski definition) is 1. The van der Waals surface area contributed by atoms with Crippen LogP contribution >= 0.6 is 11.3 Å². The molecular weight excluding hydrogens is 308 g/mol. The van der Waals surface area contributed by atoms with Crippen molar-refractivity contribution in [3.8, 4) is 0 Å². The second-order valence-corrected chi connectivity index (χ2v) is 6.57. The highest BCUT2D eigenvalue weighted by Crippen LogP contribution is 2.34. The molecule has 1 fully saturated rings. The molecule has 2 aromatic heterocycles. The number of aromatic nitrogens is 1. The van der Waals surface area contributed by atoms with Crippen molar-refractivity contribution in [2.24, 2.45) is 0 Å². The molecule has 0 aliphatic carbocycles. The first-order chi connectivity index (χ1) is 11.3. The van der Waals surface area contributed by atoms with E-state index in [0.717, 1.165) is 24.8 Å². The fourth-order valence-electron chi connectivity index (χ4n) is 3.36. The summed E-state index contributed by atoms with van der Waals surface area (Å²) in [6, 6.07) is 9.50. The SMILES string of the molecule is O=C(c1c[nH]c(=O)c2ccccc12)N1CCC[C@H]1c1ccsc1. The number of hydrogen-bond acceptors (Lipinski definition) is 3. The van der Waals surface area contributed by atoms with Crippen molar-refractivity contribution in [1.29, 1.82) is 0 Å². The van der Waals surface area contributed by atoms with Gasteiger partial charge in [-0.2, -0.15) is 11.3 Å². The van der Waals surface area contributed by atoms with Crippen LogP contribution in [0.2, 0.25) is 0 Å². The van der Waals surface area contributed by atoms with Gasteiger partial charge in [-0.05, 0) is 41.3 Å². The molecule has 1 N–H and O–H groups in total. The summed E-state index contributed by atoms with van der Waals surface area (Å²) in [4.78, 5) is 29.7. The number of carbonyl (C=O) groups is 1. The summed E-state index contributed by atoms with van der Waals surface area (Å²) in [7, 11) is 0. The lowest BCUT2D eigenvalue weighted by molar-refractivity contribution is 0.0737. The molecule has 1 aliphatic rings. The molecule has 1 aromatic carbocycles. The Bertz CT molecular complexity index is 914. The Morgan fingerprint density at radius 2 is 2.04 bits per heavy atom. The van der Waals surface area contributed by atoms with Crippen LogP contribution in [0.5, 0.6) is 0 Å². The van der Waals surface area contributed by atoms with Crippen LogP contribution in [0.3, 0.4) is 0 Å². The van der Waals surface area contributed by atoms with E-state index in [1.54, 1.807) is 23.6 Å². The Morgan fingerprint density at radius 1 is 1.22 bits per heavy atom. The number of amides is 1. The highest BCUT2D eigenvalue weighted by atomic mass is 32.1. The number of H-pyrrole nitrogens is 1. The molecule has 4 nitrogen and oxygen atoms in total. The number of likely N-dealkylation sites (tertiary alicyclic amines) is 1. The van der Waals surface area contributed by atoms with Gasteiger partial charge in [0.15, 0.2) is 0 Å². The summed E-state index contributed by atoms with van der Waals surface area (Å²) in [6.07, 6.45) is 3.55. The van der Waals surface area contributed by atoms with Crippen molar-refractivity contribution in [2.75, 3.05) is 6.54 Å². The number of pyridine rings is 1. The highest BCUT2D eigenvalue weighted by molar-refractivity contribution is 7.08. The minimum atomic E-state index is -0.159. The van der Waals surface area contributed by atoms with Gasteiger partial charge in [-0.15, -0.1) is 0 Å². The molecule has 4 rings (SSSR count). The van der Waals surface area contributed by atoms with Crippen LogP contribution in [0, 0.1) is 0 Å². The quantitative estimate of drug-likeness (QED) is 0.783. The first-order valence-electron chi connectivity index (χ1n) is 7.69. The molecule has 0 bridgehead atoms.